The number of aliphatic hydroxyl groups is 2. The molecule has 2 fully saturated rings. The number of aliphatic carboxylic acids is 1. The van der Waals surface area contributed by atoms with Crippen LogP contribution >= 0.6 is 0 Å². The molecule has 0 bridgehead atoms. The first kappa shape index (κ1) is 18.6. The maximum absolute atomic E-state index is 11.4. The predicted molar refractivity (Wildman–Crippen MR) is 79.8 cm³/mol. The summed E-state index contributed by atoms with van der Waals surface area (Å²) in [4.78, 5) is 11.4. The van der Waals surface area contributed by atoms with Crippen LogP contribution in [0.1, 0.15) is 26.7 Å². The van der Waals surface area contributed by atoms with Gasteiger partial charge >= 0.3 is 5.97 Å². The number of aliphatic hydroxyl groups excluding tert-OH is 2. The minimum absolute atomic E-state index is 0.152. The molecule has 8 nitrogen and oxygen atoms in total. The van der Waals surface area contributed by atoms with E-state index in [9.17, 15) is 20.1 Å². The van der Waals surface area contributed by atoms with Gasteiger partial charge in [0.2, 0.25) is 0 Å². The van der Waals surface area contributed by atoms with Crippen LogP contribution in [0.3, 0.4) is 0 Å². The van der Waals surface area contributed by atoms with Crippen molar-refractivity contribution in [2.45, 2.75) is 69.5 Å². The van der Waals surface area contributed by atoms with E-state index < -0.39 is 42.7 Å². The van der Waals surface area contributed by atoms with Crippen molar-refractivity contribution < 1.29 is 34.3 Å². The molecule has 134 valence electrons. The molecule has 2 rings (SSSR count). The molecule has 0 radical (unpaired) electrons. The van der Waals surface area contributed by atoms with Gasteiger partial charge in [-0.25, -0.2) is 4.79 Å². The molecule has 2 aliphatic heterocycles. The first-order valence-corrected chi connectivity index (χ1v) is 8.07. The van der Waals surface area contributed by atoms with Gasteiger partial charge in [-0.2, -0.15) is 0 Å². The van der Waals surface area contributed by atoms with Crippen molar-refractivity contribution in [3.63, 3.8) is 0 Å². The van der Waals surface area contributed by atoms with Crippen LogP contribution in [-0.4, -0.2) is 77.8 Å². The smallest absolute Gasteiger partial charge is 0.335 e. The van der Waals surface area contributed by atoms with Gasteiger partial charge < -0.3 is 34.8 Å². The van der Waals surface area contributed by atoms with Crippen molar-refractivity contribution in [2.75, 3.05) is 13.7 Å². The summed E-state index contributed by atoms with van der Waals surface area (Å²) in [6.07, 6.45) is -3.83. The van der Waals surface area contributed by atoms with Gasteiger partial charge in [-0.1, -0.05) is 13.8 Å². The SMILES string of the molecule is CCC1C[C@H](O)C(NC)[C@H](O[C@H]2C(C(=O)O)OCC(C)[C@H]2O)O1. The summed E-state index contributed by atoms with van der Waals surface area (Å²) >= 11 is 0. The molecule has 4 unspecified atom stereocenters. The third kappa shape index (κ3) is 4.01. The lowest BCUT2D eigenvalue weighted by atomic mass is 9.93. The van der Waals surface area contributed by atoms with Crippen LogP contribution in [0.4, 0.5) is 0 Å². The zero-order chi connectivity index (χ0) is 17.1. The van der Waals surface area contributed by atoms with Crippen LogP contribution in [-0.2, 0) is 19.0 Å². The molecule has 4 N–H and O–H groups in total. The van der Waals surface area contributed by atoms with Crippen LogP contribution in [0, 0.1) is 5.92 Å². The number of rotatable bonds is 5. The summed E-state index contributed by atoms with van der Waals surface area (Å²) < 4.78 is 16.9. The number of carboxylic acids is 1. The second-order valence-electron chi connectivity index (χ2n) is 6.31. The average Bonchev–Trinajstić information content (AvgIpc) is 2.51. The van der Waals surface area contributed by atoms with E-state index >= 15 is 0 Å². The van der Waals surface area contributed by atoms with Crippen LogP contribution in [0.5, 0.6) is 0 Å². The van der Waals surface area contributed by atoms with E-state index in [0.29, 0.717) is 12.8 Å². The Morgan fingerprint density at radius 1 is 1.39 bits per heavy atom. The lowest BCUT2D eigenvalue weighted by Gasteiger charge is -2.44. The van der Waals surface area contributed by atoms with Crippen molar-refractivity contribution >= 4 is 5.97 Å². The number of ether oxygens (including phenoxy) is 3. The summed E-state index contributed by atoms with van der Waals surface area (Å²) in [6.45, 7) is 3.86. The molecule has 0 aromatic rings. The fraction of sp³-hybridized carbons (Fsp3) is 0.933. The molecule has 0 spiro atoms. The minimum Gasteiger partial charge on any atom is -0.479 e. The van der Waals surface area contributed by atoms with Crippen molar-refractivity contribution in [1.29, 1.82) is 0 Å². The van der Waals surface area contributed by atoms with Crippen molar-refractivity contribution in [3.05, 3.63) is 0 Å². The van der Waals surface area contributed by atoms with Gasteiger partial charge in [0, 0.05) is 12.3 Å². The summed E-state index contributed by atoms with van der Waals surface area (Å²) in [5.74, 6) is -1.44. The van der Waals surface area contributed by atoms with Crippen LogP contribution in [0.15, 0.2) is 0 Å². The first-order valence-electron chi connectivity index (χ1n) is 8.07. The number of hydrogen-bond donors (Lipinski definition) is 4. The molecule has 0 aliphatic carbocycles. The van der Waals surface area contributed by atoms with E-state index in [1.807, 2.05) is 6.92 Å². The van der Waals surface area contributed by atoms with Gasteiger partial charge in [0.1, 0.15) is 6.10 Å². The number of carboxylic acid groups (broad SMARTS) is 1. The van der Waals surface area contributed by atoms with Crippen molar-refractivity contribution in [2.24, 2.45) is 5.92 Å². The lowest BCUT2D eigenvalue weighted by Crippen LogP contribution is -2.61. The highest BCUT2D eigenvalue weighted by Gasteiger charge is 2.46. The van der Waals surface area contributed by atoms with Crippen LogP contribution in [0.25, 0.3) is 0 Å². The third-order valence-electron chi connectivity index (χ3n) is 4.62. The third-order valence-corrected chi connectivity index (χ3v) is 4.62. The van der Waals surface area contributed by atoms with Gasteiger partial charge in [0.15, 0.2) is 12.4 Å². The number of carbonyl (C=O) groups is 1. The van der Waals surface area contributed by atoms with E-state index in [2.05, 4.69) is 5.32 Å². The maximum Gasteiger partial charge on any atom is 0.335 e. The quantitative estimate of drug-likeness (QED) is 0.523. The Bertz CT molecular complexity index is 407. The highest BCUT2D eigenvalue weighted by atomic mass is 16.7. The van der Waals surface area contributed by atoms with Gasteiger partial charge in [0.25, 0.3) is 0 Å². The van der Waals surface area contributed by atoms with E-state index in [-0.39, 0.29) is 18.6 Å². The standard InChI is InChI=1S/C15H27NO7/c1-4-8-5-9(17)10(16-3)15(22-8)23-12-11(18)7(2)6-21-13(12)14(19)20/h7-13,15-18H,4-6H2,1-3H3,(H,19,20)/t7?,8?,9-,10?,11+,12+,13?,15-/m0/s1. The van der Waals surface area contributed by atoms with Crippen molar-refractivity contribution in [1.82, 2.24) is 5.32 Å². The van der Waals surface area contributed by atoms with E-state index in [0.717, 1.165) is 0 Å². The Hall–Kier alpha value is -0.770. The second kappa shape index (κ2) is 7.87. The summed E-state index contributed by atoms with van der Waals surface area (Å²) in [5, 5.41) is 32.8. The normalized spacial score (nSPS) is 44.9. The van der Waals surface area contributed by atoms with E-state index in [1.54, 1.807) is 14.0 Å². The molecule has 2 saturated heterocycles. The number of nitrogens with one attached hydrogen (secondary N) is 1. The molecule has 0 aromatic carbocycles. The molecule has 23 heavy (non-hydrogen) atoms. The molecular weight excluding hydrogens is 306 g/mol. The Kier molecular flexibility index (Phi) is 6.35. The molecule has 8 heteroatoms. The van der Waals surface area contributed by atoms with Crippen molar-refractivity contribution in [3.8, 4) is 0 Å². The molecule has 2 aliphatic rings. The molecule has 2 heterocycles. The Morgan fingerprint density at radius 2 is 2.09 bits per heavy atom. The summed E-state index contributed by atoms with van der Waals surface area (Å²) in [6, 6.07) is -0.503. The van der Waals surface area contributed by atoms with Gasteiger partial charge in [-0.05, 0) is 13.5 Å². The maximum atomic E-state index is 11.4. The topological polar surface area (TPSA) is 117 Å². The molecule has 8 atom stereocenters. The first-order chi connectivity index (χ1) is 10.9. The monoisotopic (exact) mass is 333 g/mol. The molecule has 0 saturated carbocycles. The summed E-state index contributed by atoms with van der Waals surface area (Å²) in [5.41, 5.74) is 0. The Labute approximate surface area is 135 Å². The number of hydrogen-bond acceptors (Lipinski definition) is 7. The van der Waals surface area contributed by atoms with Gasteiger partial charge in [-0.3, -0.25) is 0 Å². The lowest BCUT2D eigenvalue weighted by molar-refractivity contribution is -0.287. The minimum atomic E-state index is -1.26. The zero-order valence-corrected chi connectivity index (χ0v) is 13.7. The molecular formula is C15H27NO7. The van der Waals surface area contributed by atoms with Gasteiger partial charge in [-0.15, -0.1) is 0 Å². The molecule has 0 amide bonds. The largest absolute Gasteiger partial charge is 0.479 e. The van der Waals surface area contributed by atoms with E-state index in [1.165, 1.54) is 0 Å². The predicted octanol–water partition coefficient (Wildman–Crippen LogP) is -0.674. The Balaban J connectivity index is 2.15. The fourth-order valence-corrected chi connectivity index (χ4v) is 3.11. The van der Waals surface area contributed by atoms with Gasteiger partial charge in [0.05, 0.1) is 31.0 Å². The summed E-state index contributed by atoms with van der Waals surface area (Å²) in [7, 11) is 1.67. The average molecular weight is 333 g/mol. The van der Waals surface area contributed by atoms with Crippen LogP contribution < -0.4 is 5.32 Å². The number of likely N-dealkylation sites (N-methyl/N-ethyl adjacent to an activating group) is 1. The Morgan fingerprint density at radius 3 is 2.65 bits per heavy atom. The second-order valence-corrected chi connectivity index (χ2v) is 6.31. The van der Waals surface area contributed by atoms with E-state index in [4.69, 9.17) is 14.2 Å². The fourth-order valence-electron chi connectivity index (χ4n) is 3.11. The highest BCUT2D eigenvalue weighted by Crippen LogP contribution is 2.29. The highest BCUT2D eigenvalue weighted by molar-refractivity contribution is 5.73. The zero-order valence-electron chi connectivity index (χ0n) is 13.7. The molecule has 0 aromatic heterocycles. The van der Waals surface area contributed by atoms with Crippen LogP contribution in [0.2, 0.25) is 0 Å².